The molecule has 0 aliphatic heterocycles. The van der Waals surface area contributed by atoms with E-state index in [2.05, 4.69) is 10.3 Å². The number of carbonyl (C=O) groups is 1. The van der Waals surface area contributed by atoms with Crippen molar-refractivity contribution >= 4 is 33.5 Å². The van der Waals surface area contributed by atoms with Crippen LogP contribution in [0.2, 0.25) is 0 Å². The van der Waals surface area contributed by atoms with Crippen molar-refractivity contribution in [2.75, 3.05) is 5.32 Å². The summed E-state index contributed by atoms with van der Waals surface area (Å²) in [5, 5.41) is 4.25. The van der Waals surface area contributed by atoms with Gasteiger partial charge in [-0.25, -0.2) is 4.39 Å². The molecular weight excluding hydrogens is 307 g/mol. The van der Waals surface area contributed by atoms with Crippen LogP contribution in [-0.2, 0) is 0 Å². The molecule has 0 unspecified atom stereocenters. The van der Waals surface area contributed by atoms with E-state index in [-0.39, 0.29) is 11.3 Å². The molecule has 0 fully saturated rings. The van der Waals surface area contributed by atoms with Crippen molar-refractivity contribution in [2.24, 2.45) is 0 Å². The Morgan fingerprint density at radius 3 is 2.71 bits per heavy atom. The molecule has 0 aliphatic carbocycles. The maximum atomic E-state index is 13.8. The normalized spacial score (nSPS) is 11.1. The number of rotatable bonds is 2. The fourth-order valence-electron chi connectivity index (χ4n) is 2.82. The summed E-state index contributed by atoms with van der Waals surface area (Å²) in [6, 6.07) is 13.8. The van der Waals surface area contributed by atoms with Crippen LogP contribution in [-0.4, -0.2) is 10.9 Å². The van der Waals surface area contributed by atoms with Crippen LogP contribution in [0.25, 0.3) is 21.9 Å². The van der Waals surface area contributed by atoms with Crippen LogP contribution in [0.15, 0.2) is 59.1 Å². The van der Waals surface area contributed by atoms with Gasteiger partial charge in [-0.1, -0.05) is 18.2 Å². The third-order valence-corrected chi connectivity index (χ3v) is 4.02. The minimum absolute atomic E-state index is 0.0970. The van der Waals surface area contributed by atoms with E-state index in [1.165, 1.54) is 6.07 Å². The smallest absolute Gasteiger partial charge is 0.291 e. The van der Waals surface area contributed by atoms with Gasteiger partial charge in [-0.05, 0) is 37.3 Å². The van der Waals surface area contributed by atoms with Gasteiger partial charge in [-0.2, -0.15) is 0 Å². The first-order valence-electron chi connectivity index (χ1n) is 7.48. The lowest BCUT2D eigenvalue weighted by Gasteiger charge is -2.07. The SMILES string of the molecule is Cc1c(C(=O)Nc2cccc3ncccc23)oc2c(F)cccc12. The Hall–Kier alpha value is -3.21. The van der Waals surface area contributed by atoms with E-state index in [0.717, 1.165) is 10.9 Å². The van der Waals surface area contributed by atoms with Gasteiger partial charge < -0.3 is 9.73 Å². The van der Waals surface area contributed by atoms with E-state index in [1.807, 2.05) is 18.2 Å². The first-order chi connectivity index (χ1) is 11.6. The molecule has 0 saturated carbocycles. The molecular formula is C19H13FN2O2. The van der Waals surface area contributed by atoms with Gasteiger partial charge in [0.25, 0.3) is 5.91 Å². The highest BCUT2D eigenvalue weighted by Gasteiger charge is 2.20. The summed E-state index contributed by atoms with van der Waals surface area (Å²) >= 11 is 0. The van der Waals surface area contributed by atoms with Crippen LogP contribution < -0.4 is 5.32 Å². The van der Waals surface area contributed by atoms with Gasteiger partial charge in [0.05, 0.1) is 11.2 Å². The summed E-state index contributed by atoms with van der Waals surface area (Å²) in [6.45, 7) is 1.74. The number of nitrogens with one attached hydrogen (secondary N) is 1. The highest BCUT2D eigenvalue weighted by molar-refractivity contribution is 6.10. The number of amides is 1. The zero-order chi connectivity index (χ0) is 16.7. The van der Waals surface area contributed by atoms with Crippen LogP contribution in [0.4, 0.5) is 10.1 Å². The average Bonchev–Trinajstić information content (AvgIpc) is 2.94. The first-order valence-corrected chi connectivity index (χ1v) is 7.48. The molecule has 4 rings (SSSR count). The Balaban J connectivity index is 1.77. The van der Waals surface area contributed by atoms with Crippen molar-refractivity contribution in [3.63, 3.8) is 0 Å². The summed E-state index contributed by atoms with van der Waals surface area (Å²) in [7, 11) is 0. The number of anilines is 1. The lowest BCUT2D eigenvalue weighted by molar-refractivity contribution is 0.0998. The standard InChI is InChI=1S/C19H13FN2O2/c1-11-12-5-2-7-14(20)18(12)24-17(11)19(23)22-16-9-3-8-15-13(16)6-4-10-21-15/h2-10H,1H3,(H,22,23). The Bertz CT molecular complexity index is 1080. The molecule has 1 amide bonds. The highest BCUT2D eigenvalue weighted by Crippen LogP contribution is 2.28. The van der Waals surface area contributed by atoms with Gasteiger partial charge in [0, 0.05) is 22.5 Å². The molecule has 0 bridgehead atoms. The molecule has 118 valence electrons. The molecule has 4 nitrogen and oxygen atoms in total. The summed E-state index contributed by atoms with van der Waals surface area (Å²) < 4.78 is 19.3. The number of halogens is 1. The third kappa shape index (κ3) is 2.22. The molecule has 0 saturated heterocycles. The number of fused-ring (bicyclic) bond motifs is 2. The van der Waals surface area contributed by atoms with Gasteiger partial charge in [0.1, 0.15) is 0 Å². The number of carbonyl (C=O) groups excluding carboxylic acids is 1. The van der Waals surface area contributed by atoms with Gasteiger partial charge >= 0.3 is 0 Å². The molecule has 1 N–H and O–H groups in total. The number of hydrogen-bond acceptors (Lipinski definition) is 3. The quantitative estimate of drug-likeness (QED) is 0.583. The zero-order valence-corrected chi connectivity index (χ0v) is 12.8. The lowest BCUT2D eigenvalue weighted by Crippen LogP contribution is -2.12. The maximum Gasteiger partial charge on any atom is 0.291 e. The van der Waals surface area contributed by atoms with E-state index < -0.39 is 11.7 Å². The highest BCUT2D eigenvalue weighted by atomic mass is 19.1. The molecule has 2 aromatic heterocycles. The third-order valence-electron chi connectivity index (χ3n) is 4.02. The van der Waals surface area contributed by atoms with E-state index >= 15 is 0 Å². The van der Waals surface area contributed by atoms with Crippen LogP contribution >= 0.6 is 0 Å². The van der Waals surface area contributed by atoms with Crippen LogP contribution in [0.1, 0.15) is 16.1 Å². The Labute approximate surface area is 136 Å². The molecule has 4 aromatic rings. The number of nitrogens with zero attached hydrogens (tertiary/aromatic N) is 1. The van der Waals surface area contributed by atoms with Crippen molar-refractivity contribution in [2.45, 2.75) is 6.92 Å². The summed E-state index contributed by atoms with van der Waals surface area (Å²) in [4.78, 5) is 16.9. The largest absolute Gasteiger partial charge is 0.448 e. The maximum absolute atomic E-state index is 13.8. The minimum atomic E-state index is -0.482. The van der Waals surface area contributed by atoms with E-state index in [4.69, 9.17) is 4.42 Å². The van der Waals surface area contributed by atoms with E-state index in [0.29, 0.717) is 16.6 Å². The number of furan rings is 1. The van der Waals surface area contributed by atoms with E-state index in [9.17, 15) is 9.18 Å². The van der Waals surface area contributed by atoms with Crippen molar-refractivity contribution in [1.82, 2.24) is 4.98 Å². The molecule has 0 atom stereocenters. The van der Waals surface area contributed by atoms with Crippen molar-refractivity contribution in [3.8, 4) is 0 Å². The Kier molecular flexibility index (Phi) is 3.27. The van der Waals surface area contributed by atoms with Gasteiger partial charge in [0.15, 0.2) is 17.2 Å². The predicted octanol–water partition coefficient (Wildman–Crippen LogP) is 4.68. The van der Waals surface area contributed by atoms with Crippen molar-refractivity contribution < 1.29 is 13.6 Å². The lowest BCUT2D eigenvalue weighted by atomic mass is 10.1. The second kappa shape index (κ2) is 5.45. The minimum Gasteiger partial charge on any atom is -0.448 e. The molecule has 0 spiro atoms. The second-order valence-corrected chi connectivity index (χ2v) is 5.50. The average molecular weight is 320 g/mol. The Morgan fingerprint density at radius 2 is 1.88 bits per heavy atom. The Morgan fingerprint density at radius 1 is 1.08 bits per heavy atom. The number of para-hydroxylation sites is 1. The van der Waals surface area contributed by atoms with Crippen molar-refractivity contribution in [1.29, 1.82) is 0 Å². The monoisotopic (exact) mass is 320 g/mol. The van der Waals surface area contributed by atoms with Crippen LogP contribution in [0.3, 0.4) is 0 Å². The second-order valence-electron chi connectivity index (χ2n) is 5.50. The molecule has 2 heterocycles. The number of benzene rings is 2. The zero-order valence-electron chi connectivity index (χ0n) is 12.8. The van der Waals surface area contributed by atoms with Crippen LogP contribution in [0.5, 0.6) is 0 Å². The van der Waals surface area contributed by atoms with Gasteiger partial charge in [-0.3, -0.25) is 9.78 Å². The predicted molar refractivity (Wildman–Crippen MR) is 90.6 cm³/mol. The number of pyridine rings is 1. The topological polar surface area (TPSA) is 55.1 Å². The van der Waals surface area contributed by atoms with E-state index in [1.54, 1.807) is 37.4 Å². The summed E-state index contributed by atoms with van der Waals surface area (Å²) in [5.74, 6) is -0.792. The first kappa shape index (κ1) is 14.4. The van der Waals surface area contributed by atoms with Gasteiger partial charge in [-0.15, -0.1) is 0 Å². The summed E-state index contributed by atoms with van der Waals surface area (Å²) in [6.07, 6.45) is 1.69. The molecule has 2 aromatic carbocycles. The molecule has 0 radical (unpaired) electrons. The molecule has 5 heteroatoms. The number of aryl methyl sites for hydroxylation is 1. The van der Waals surface area contributed by atoms with Crippen molar-refractivity contribution in [3.05, 3.63) is 71.9 Å². The molecule has 24 heavy (non-hydrogen) atoms. The fraction of sp³-hybridized carbons (Fsp3) is 0.0526. The van der Waals surface area contributed by atoms with Crippen LogP contribution in [0, 0.1) is 12.7 Å². The summed E-state index contributed by atoms with van der Waals surface area (Å²) in [5.41, 5.74) is 2.12. The van der Waals surface area contributed by atoms with Gasteiger partial charge in [0.2, 0.25) is 0 Å². The fourth-order valence-corrected chi connectivity index (χ4v) is 2.82. The number of aromatic nitrogens is 1. The molecule has 0 aliphatic rings. The number of hydrogen-bond donors (Lipinski definition) is 1.